The predicted molar refractivity (Wildman–Crippen MR) is 106 cm³/mol. The third-order valence-corrected chi connectivity index (χ3v) is 4.94. The molecule has 0 bridgehead atoms. The van der Waals surface area contributed by atoms with Crippen LogP contribution in [0.15, 0.2) is 42.5 Å². The van der Waals surface area contributed by atoms with Gasteiger partial charge in [-0.2, -0.15) is 0 Å². The highest BCUT2D eigenvalue weighted by Crippen LogP contribution is 2.27. The number of carbonyl (C=O) groups is 1. The first-order valence-corrected chi connectivity index (χ1v) is 9.30. The molecular weight excluding hydrogens is 369 g/mol. The molecule has 0 spiro atoms. The molecule has 5 nitrogen and oxygen atoms in total. The normalized spacial score (nSPS) is 14.2. The number of ether oxygens (including phenoxy) is 1. The van der Waals surface area contributed by atoms with Crippen molar-refractivity contribution >= 4 is 28.9 Å². The monoisotopic (exact) mass is 391 g/mol. The molecule has 3 rings (SSSR count). The fourth-order valence-electron chi connectivity index (χ4n) is 3.11. The first-order chi connectivity index (χ1) is 13.1. The van der Waals surface area contributed by atoms with Gasteiger partial charge in [0.15, 0.2) is 0 Å². The number of hydrogen-bond acceptors (Lipinski definition) is 4. The van der Waals surface area contributed by atoms with E-state index in [4.69, 9.17) is 16.3 Å². The first-order valence-electron chi connectivity index (χ1n) is 8.92. The zero-order valence-corrected chi connectivity index (χ0v) is 16.0. The molecule has 2 aromatic carbocycles. The summed E-state index contributed by atoms with van der Waals surface area (Å²) in [5.41, 5.74) is 1.84. The summed E-state index contributed by atoms with van der Waals surface area (Å²) in [5.74, 6) is 0.511. The van der Waals surface area contributed by atoms with Crippen molar-refractivity contribution in [2.24, 2.45) is 0 Å². The fraction of sp³-hybridized carbons (Fsp3) is 0.350. The highest BCUT2D eigenvalue weighted by atomic mass is 35.5. The van der Waals surface area contributed by atoms with Gasteiger partial charge in [0.05, 0.1) is 12.1 Å². The van der Waals surface area contributed by atoms with Crippen LogP contribution in [0.25, 0.3) is 0 Å². The molecule has 0 radical (unpaired) electrons. The van der Waals surface area contributed by atoms with Gasteiger partial charge in [-0.15, -0.1) is 0 Å². The van der Waals surface area contributed by atoms with Crippen molar-refractivity contribution in [1.29, 1.82) is 0 Å². The minimum atomic E-state index is -0.238. The molecule has 0 unspecified atom stereocenters. The van der Waals surface area contributed by atoms with Crippen molar-refractivity contribution in [2.75, 3.05) is 50.1 Å². The van der Waals surface area contributed by atoms with E-state index in [0.29, 0.717) is 36.8 Å². The van der Waals surface area contributed by atoms with Crippen LogP contribution in [0.2, 0.25) is 5.02 Å². The van der Waals surface area contributed by atoms with Gasteiger partial charge in [-0.1, -0.05) is 11.6 Å². The van der Waals surface area contributed by atoms with E-state index in [9.17, 15) is 9.18 Å². The SMILES string of the molecule is COc1ccc(NCCC(=O)N2CCN(c3ccc(F)cc3)CC2)cc1Cl. The van der Waals surface area contributed by atoms with Crippen molar-refractivity contribution in [1.82, 2.24) is 4.90 Å². The lowest BCUT2D eigenvalue weighted by Crippen LogP contribution is -2.49. The number of amides is 1. The summed E-state index contributed by atoms with van der Waals surface area (Å²) in [4.78, 5) is 16.5. The molecule has 0 saturated carbocycles. The van der Waals surface area contributed by atoms with Crippen LogP contribution >= 0.6 is 11.6 Å². The summed E-state index contributed by atoms with van der Waals surface area (Å²) in [5, 5.41) is 3.75. The number of carbonyl (C=O) groups excluding carboxylic acids is 1. The first kappa shape index (κ1) is 19.3. The number of halogens is 2. The highest BCUT2D eigenvalue weighted by Gasteiger charge is 2.21. The Bertz CT molecular complexity index is 777. The number of hydrogen-bond donors (Lipinski definition) is 1. The number of benzene rings is 2. The maximum Gasteiger partial charge on any atom is 0.224 e. The number of nitrogens with one attached hydrogen (secondary N) is 1. The lowest BCUT2D eigenvalue weighted by atomic mass is 10.2. The minimum absolute atomic E-state index is 0.126. The van der Waals surface area contributed by atoms with E-state index < -0.39 is 0 Å². The zero-order valence-electron chi connectivity index (χ0n) is 15.3. The molecule has 1 saturated heterocycles. The molecule has 1 aliphatic rings. The summed E-state index contributed by atoms with van der Waals surface area (Å²) in [6.45, 7) is 3.38. The molecule has 1 heterocycles. The highest BCUT2D eigenvalue weighted by molar-refractivity contribution is 6.32. The Morgan fingerprint density at radius 1 is 1.15 bits per heavy atom. The van der Waals surface area contributed by atoms with Crippen LogP contribution in [-0.2, 0) is 4.79 Å². The quantitative estimate of drug-likeness (QED) is 0.816. The van der Waals surface area contributed by atoms with Gasteiger partial charge in [0.2, 0.25) is 5.91 Å². The van der Waals surface area contributed by atoms with E-state index in [0.717, 1.165) is 24.5 Å². The lowest BCUT2D eigenvalue weighted by Gasteiger charge is -2.36. The third-order valence-electron chi connectivity index (χ3n) is 4.64. The van der Waals surface area contributed by atoms with Crippen molar-refractivity contribution in [3.05, 3.63) is 53.3 Å². The summed E-state index contributed by atoms with van der Waals surface area (Å²) < 4.78 is 18.2. The topological polar surface area (TPSA) is 44.8 Å². The molecule has 1 N–H and O–H groups in total. The van der Waals surface area contributed by atoms with Gasteiger partial charge < -0.3 is 19.9 Å². The fourth-order valence-corrected chi connectivity index (χ4v) is 3.37. The molecular formula is C20H23ClFN3O2. The molecule has 1 fully saturated rings. The molecule has 0 atom stereocenters. The van der Waals surface area contributed by atoms with Gasteiger partial charge in [-0.25, -0.2) is 4.39 Å². The molecule has 0 aromatic heterocycles. The number of nitrogens with zero attached hydrogens (tertiary/aromatic N) is 2. The molecule has 2 aromatic rings. The minimum Gasteiger partial charge on any atom is -0.495 e. The largest absolute Gasteiger partial charge is 0.495 e. The standard InChI is InChI=1S/C20H23ClFN3O2/c1-27-19-7-4-16(14-18(19)21)23-9-8-20(26)25-12-10-24(11-13-25)17-5-2-15(22)3-6-17/h2-7,14,23H,8-13H2,1H3. The van der Waals surface area contributed by atoms with Gasteiger partial charge in [0, 0.05) is 50.5 Å². The van der Waals surface area contributed by atoms with E-state index in [1.807, 2.05) is 11.0 Å². The smallest absolute Gasteiger partial charge is 0.224 e. The summed E-state index contributed by atoms with van der Waals surface area (Å²) in [6, 6.07) is 11.9. The summed E-state index contributed by atoms with van der Waals surface area (Å²) in [6.07, 6.45) is 0.417. The molecule has 7 heteroatoms. The Labute approximate surface area is 163 Å². The third kappa shape index (κ3) is 5.04. The van der Waals surface area contributed by atoms with E-state index in [1.54, 1.807) is 31.4 Å². The molecule has 144 valence electrons. The molecule has 1 amide bonds. The van der Waals surface area contributed by atoms with Crippen LogP contribution in [0, 0.1) is 5.82 Å². The second-order valence-corrected chi connectivity index (χ2v) is 6.78. The van der Waals surface area contributed by atoms with Gasteiger partial charge in [0.1, 0.15) is 11.6 Å². The maximum absolute atomic E-state index is 13.0. The average molecular weight is 392 g/mol. The van der Waals surface area contributed by atoms with Crippen molar-refractivity contribution in [3.63, 3.8) is 0 Å². The summed E-state index contributed by atoms with van der Waals surface area (Å²) >= 11 is 6.10. The maximum atomic E-state index is 13.0. The van der Waals surface area contributed by atoms with Crippen LogP contribution in [0.3, 0.4) is 0 Å². The Kier molecular flexibility index (Phi) is 6.40. The molecule has 27 heavy (non-hydrogen) atoms. The van der Waals surface area contributed by atoms with E-state index >= 15 is 0 Å². The Morgan fingerprint density at radius 3 is 2.48 bits per heavy atom. The van der Waals surface area contributed by atoms with Crippen LogP contribution in [0.5, 0.6) is 5.75 Å². The van der Waals surface area contributed by atoms with E-state index in [1.165, 1.54) is 12.1 Å². The Balaban J connectivity index is 1.43. The van der Waals surface area contributed by atoms with Crippen molar-refractivity contribution in [3.8, 4) is 5.75 Å². The van der Waals surface area contributed by atoms with Gasteiger partial charge in [0.25, 0.3) is 0 Å². The van der Waals surface area contributed by atoms with Crippen LogP contribution in [-0.4, -0.2) is 50.6 Å². The number of piperazine rings is 1. The van der Waals surface area contributed by atoms with Gasteiger partial charge in [-0.3, -0.25) is 4.79 Å². The second-order valence-electron chi connectivity index (χ2n) is 6.37. The molecule has 1 aliphatic heterocycles. The van der Waals surface area contributed by atoms with Crippen LogP contribution < -0.4 is 15.0 Å². The van der Waals surface area contributed by atoms with Crippen molar-refractivity contribution < 1.29 is 13.9 Å². The zero-order chi connectivity index (χ0) is 19.2. The summed E-state index contributed by atoms with van der Waals surface area (Å²) in [7, 11) is 1.57. The predicted octanol–water partition coefficient (Wildman–Crippen LogP) is 3.64. The number of anilines is 2. The second kappa shape index (κ2) is 8.95. The van der Waals surface area contributed by atoms with Crippen LogP contribution in [0.1, 0.15) is 6.42 Å². The van der Waals surface area contributed by atoms with Crippen LogP contribution in [0.4, 0.5) is 15.8 Å². The number of rotatable bonds is 6. The number of methoxy groups -OCH3 is 1. The van der Waals surface area contributed by atoms with E-state index in [2.05, 4.69) is 10.2 Å². The Hall–Kier alpha value is -2.47. The van der Waals surface area contributed by atoms with Gasteiger partial charge in [-0.05, 0) is 42.5 Å². The average Bonchev–Trinajstić information content (AvgIpc) is 2.69. The molecule has 0 aliphatic carbocycles. The van der Waals surface area contributed by atoms with E-state index in [-0.39, 0.29) is 11.7 Å². The van der Waals surface area contributed by atoms with Gasteiger partial charge >= 0.3 is 0 Å². The lowest BCUT2D eigenvalue weighted by molar-refractivity contribution is -0.131. The Morgan fingerprint density at radius 2 is 1.85 bits per heavy atom. The van der Waals surface area contributed by atoms with Crippen molar-refractivity contribution in [2.45, 2.75) is 6.42 Å².